The predicted octanol–water partition coefficient (Wildman–Crippen LogP) is 4.18. The number of aromatic nitrogens is 4. The van der Waals surface area contributed by atoms with Crippen LogP contribution >= 0.6 is 28.3 Å². The molecule has 132 valence electrons. The Morgan fingerprint density at radius 3 is 2.56 bits per heavy atom. The number of hydrazone groups is 1. The molecule has 1 N–H and O–H groups in total. The van der Waals surface area contributed by atoms with Gasteiger partial charge in [0, 0.05) is 5.41 Å². The van der Waals surface area contributed by atoms with Crippen molar-refractivity contribution in [2.24, 2.45) is 5.10 Å². The SMILES string of the molecule is Br.CC(C)(C)c1nc(N/N=C/c2ccc(F)cc2)sc1-n1cncn1. The Labute approximate surface area is 159 Å². The minimum absolute atomic E-state index is 0. The molecule has 0 unspecified atom stereocenters. The van der Waals surface area contributed by atoms with Crippen LogP contribution in [0.3, 0.4) is 0 Å². The van der Waals surface area contributed by atoms with Crippen LogP contribution in [0.15, 0.2) is 42.0 Å². The van der Waals surface area contributed by atoms with E-state index in [2.05, 4.69) is 46.4 Å². The second-order valence-corrected chi connectivity index (χ2v) is 7.16. The quantitative estimate of drug-likeness (QED) is 0.503. The zero-order chi connectivity index (χ0) is 17.2. The fraction of sp³-hybridized carbons (Fsp3) is 0.250. The molecule has 3 rings (SSSR count). The number of nitrogens with zero attached hydrogens (tertiary/aromatic N) is 5. The van der Waals surface area contributed by atoms with E-state index in [1.807, 2.05) is 0 Å². The third kappa shape index (κ3) is 4.70. The van der Waals surface area contributed by atoms with E-state index in [1.165, 1.54) is 29.8 Å². The van der Waals surface area contributed by atoms with Crippen LogP contribution in [0.25, 0.3) is 5.00 Å². The molecule has 0 aliphatic heterocycles. The molecule has 6 nitrogen and oxygen atoms in total. The highest BCUT2D eigenvalue weighted by Gasteiger charge is 2.24. The summed E-state index contributed by atoms with van der Waals surface area (Å²) in [5, 5.41) is 9.91. The first kappa shape index (κ1) is 19.2. The molecule has 2 heterocycles. The van der Waals surface area contributed by atoms with Gasteiger partial charge in [0.25, 0.3) is 0 Å². The largest absolute Gasteiger partial charge is 0.253 e. The Morgan fingerprint density at radius 1 is 1.24 bits per heavy atom. The summed E-state index contributed by atoms with van der Waals surface area (Å²) in [5.74, 6) is -0.271. The van der Waals surface area contributed by atoms with Crippen molar-refractivity contribution in [1.82, 2.24) is 19.7 Å². The van der Waals surface area contributed by atoms with E-state index in [0.717, 1.165) is 16.3 Å². The third-order valence-electron chi connectivity index (χ3n) is 3.19. The molecule has 0 amide bonds. The van der Waals surface area contributed by atoms with Crippen LogP contribution in [0.1, 0.15) is 32.0 Å². The summed E-state index contributed by atoms with van der Waals surface area (Å²) in [7, 11) is 0. The van der Waals surface area contributed by atoms with Gasteiger partial charge in [0.1, 0.15) is 23.5 Å². The molecule has 0 aliphatic rings. The number of rotatable bonds is 4. The lowest BCUT2D eigenvalue weighted by atomic mass is 9.92. The Balaban J connectivity index is 0.00000225. The summed E-state index contributed by atoms with van der Waals surface area (Å²) in [6.45, 7) is 6.27. The zero-order valence-electron chi connectivity index (χ0n) is 14.0. The molecular formula is C16H18BrFN6S. The minimum Gasteiger partial charge on any atom is -0.253 e. The molecule has 0 saturated heterocycles. The predicted molar refractivity (Wildman–Crippen MR) is 104 cm³/mol. The summed E-state index contributed by atoms with van der Waals surface area (Å²) in [6.07, 6.45) is 4.76. The third-order valence-corrected chi connectivity index (χ3v) is 4.14. The highest BCUT2D eigenvalue weighted by molar-refractivity contribution is 8.93. The summed E-state index contributed by atoms with van der Waals surface area (Å²) in [5.41, 5.74) is 4.50. The number of halogens is 2. The molecule has 0 fully saturated rings. The van der Waals surface area contributed by atoms with E-state index >= 15 is 0 Å². The van der Waals surface area contributed by atoms with Gasteiger partial charge in [-0.05, 0) is 17.7 Å². The second kappa shape index (κ2) is 7.83. The van der Waals surface area contributed by atoms with Gasteiger partial charge in [-0.2, -0.15) is 10.2 Å². The lowest BCUT2D eigenvalue weighted by Gasteiger charge is -2.16. The fourth-order valence-electron chi connectivity index (χ4n) is 2.03. The molecular weight excluding hydrogens is 407 g/mol. The highest BCUT2D eigenvalue weighted by Crippen LogP contribution is 2.34. The van der Waals surface area contributed by atoms with E-state index in [-0.39, 0.29) is 28.2 Å². The van der Waals surface area contributed by atoms with Gasteiger partial charge in [-0.3, -0.25) is 5.43 Å². The van der Waals surface area contributed by atoms with Gasteiger partial charge in [-0.15, -0.1) is 17.0 Å². The standard InChI is InChI=1S/C16H17FN6S.BrH/c1-16(2,3)13-14(23-10-18-9-20-23)24-15(21-13)22-19-8-11-4-6-12(17)7-5-11;/h4-10H,1-3H3,(H,21,22);1H/b19-8+;. The number of benzene rings is 1. The van der Waals surface area contributed by atoms with Crippen LogP contribution in [-0.4, -0.2) is 26.0 Å². The summed E-state index contributed by atoms with van der Waals surface area (Å²) in [6, 6.07) is 6.10. The lowest BCUT2D eigenvalue weighted by molar-refractivity contribution is 0.567. The van der Waals surface area contributed by atoms with Crippen molar-refractivity contribution in [2.45, 2.75) is 26.2 Å². The zero-order valence-corrected chi connectivity index (χ0v) is 16.5. The van der Waals surface area contributed by atoms with Crippen LogP contribution in [-0.2, 0) is 5.41 Å². The molecule has 0 atom stereocenters. The van der Waals surface area contributed by atoms with Crippen molar-refractivity contribution in [3.63, 3.8) is 0 Å². The van der Waals surface area contributed by atoms with Crippen LogP contribution in [0.2, 0.25) is 0 Å². The van der Waals surface area contributed by atoms with Crippen molar-refractivity contribution < 1.29 is 4.39 Å². The average Bonchev–Trinajstić information content (AvgIpc) is 3.17. The molecule has 1 aromatic carbocycles. The Bertz CT molecular complexity index is 837. The van der Waals surface area contributed by atoms with E-state index < -0.39 is 0 Å². The molecule has 3 aromatic rings. The van der Waals surface area contributed by atoms with Crippen LogP contribution < -0.4 is 5.43 Å². The molecule has 0 aliphatic carbocycles. The molecule has 25 heavy (non-hydrogen) atoms. The second-order valence-electron chi connectivity index (χ2n) is 6.18. The van der Waals surface area contributed by atoms with Crippen molar-refractivity contribution in [2.75, 3.05) is 5.43 Å². The summed E-state index contributed by atoms with van der Waals surface area (Å²) >= 11 is 1.45. The minimum atomic E-state index is -0.271. The van der Waals surface area contributed by atoms with Crippen molar-refractivity contribution in [3.8, 4) is 5.00 Å². The first-order valence-electron chi connectivity index (χ1n) is 7.34. The maximum absolute atomic E-state index is 12.9. The molecule has 2 aromatic heterocycles. The van der Waals surface area contributed by atoms with Crippen LogP contribution in [0, 0.1) is 5.82 Å². The van der Waals surface area contributed by atoms with Gasteiger partial charge in [0.05, 0.1) is 11.9 Å². The monoisotopic (exact) mass is 424 g/mol. The molecule has 0 bridgehead atoms. The van der Waals surface area contributed by atoms with Gasteiger partial charge in [-0.1, -0.05) is 44.2 Å². The molecule has 0 radical (unpaired) electrons. The van der Waals surface area contributed by atoms with E-state index in [0.29, 0.717) is 5.13 Å². The fourth-order valence-corrected chi connectivity index (χ4v) is 3.08. The van der Waals surface area contributed by atoms with Crippen molar-refractivity contribution in [3.05, 3.63) is 54.0 Å². The first-order chi connectivity index (χ1) is 11.4. The van der Waals surface area contributed by atoms with Crippen molar-refractivity contribution >= 4 is 39.7 Å². The van der Waals surface area contributed by atoms with Crippen molar-refractivity contribution in [1.29, 1.82) is 0 Å². The van der Waals surface area contributed by atoms with Gasteiger partial charge in [-0.25, -0.2) is 19.0 Å². The van der Waals surface area contributed by atoms with E-state index in [1.54, 1.807) is 29.4 Å². The smallest absolute Gasteiger partial charge is 0.205 e. The lowest BCUT2D eigenvalue weighted by Crippen LogP contribution is -2.15. The van der Waals surface area contributed by atoms with Gasteiger partial charge in [0.2, 0.25) is 5.13 Å². The summed E-state index contributed by atoms with van der Waals surface area (Å²) < 4.78 is 14.6. The normalized spacial score (nSPS) is 11.5. The first-order valence-corrected chi connectivity index (χ1v) is 8.16. The molecule has 9 heteroatoms. The van der Waals surface area contributed by atoms with Crippen LogP contribution in [0.4, 0.5) is 9.52 Å². The Hall–Kier alpha value is -2.13. The van der Waals surface area contributed by atoms with E-state index in [4.69, 9.17) is 0 Å². The van der Waals surface area contributed by atoms with Crippen LogP contribution in [0.5, 0.6) is 0 Å². The van der Waals surface area contributed by atoms with Gasteiger partial charge >= 0.3 is 0 Å². The maximum Gasteiger partial charge on any atom is 0.205 e. The summed E-state index contributed by atoms with van der Waals surface area (Å²) in [4.78, 5) is 8.62. The number of thiazole rings is 1. The maximum atomic E-state index is 12.9. The van der Waals surface area contributed by atoms with Gasteiger partial charge < -0.3 is 0 Å². The Kier molecular flexibility index (Phi) is 6.02. The molecule has 0 spiro atoms. The number of anilines is 1. The van der Waals surface area contributed by atoms with E-state index in [9.17, 15) is 4.39 Å². The number of hydrogen-bond acceptors (Lipinski definition) is 6. The topological polar surface area (TPSA) is 68.0 Å². The highest BCUT2D eigenvalue weighted by atomic mass is 79.9. The average molecular weight is 425 g/mol. The molecule has 0 saturated carbocycles. The number of hydrogen-bond donors (Lipinski definition) is 1. The Morgan fingerprint density at radius 2 is 1.96 bits per heavy atom. The number of nitrogens with one attached hydrogen (secondary N) is 1. The van der Waals surface area contributed by atoms with Gasteiger partial charge in [0.15, 0.2) is 0 Å².